The number of allylic oxidation sites excluding steroid dienone is 1. The van der Waals surface area contributed by atoms with Gasteiger partial charge in [-0.25, -0.2) is 0 Å². The number of likely N-dealkylation sites (N-methyl/N-ethyl adjacent to an activating group) is 1. The van der Waals surface area contributed by atoms with Crippen molar-refractivity contribution in [1.82, 2.24) is 4.90 Å². The molecule has 0 fully saturated rings. The Hall–Kier alpha value is -3.21. The molecule has 3 aromatic rings. The van der Waals surface area contributed by atoms with E-state index in [0.717, 1.165) is 39.0 Å². The highest BCUT2D eigenvalue weighted by molar-refractivity contribution is 6.00. The van der Waals surface area contributed by atoms with E-state index in [1.165, 1.54) is 4.90 Å². The van der Waals surface area contributed by atoms with E-state index in [0.29, 0.717) is 5.75 Å². The number of carbonyl (C=O) groups is 1. The minimum absolute atomic E-state index is 0.0720. The molecule has 0 spiro atoms. The highest BCUT2D eigenvalue weighted by Crippen LogP contribution is 2.37. The van der Waals surface area contributed by atoms with Gasteiger partial charge in [0, 0.05) is 42.8 Å². The minimum atomic E-state index is -0.0720. The summed E-state index contributed by atoms with van der Waals surface area (Å²) in [5.74, 6) is 1.39. The summed E-state index contributed by atoms with van der Waals surface area (Å²) in [5.41, 5.74) is 4.42. The van der Waals surface area contributed by atoms with Gasteiger partial charge in [-0.15, -0.1) is 0 Å². The number of hydrogen-bond donors (Lipinski definition) is 0. The Morgan fingerprint density at radius 3 is 2.37 bits per heavy atom. The van der Waals surface area contributed by atoms with E-state index in [9.17, 15) is 4.79 Å². The SMILES string of the molecule is COc1ccc(-c2coc3cc(OC)c(/C(C)=C/C(=O)N(C)C)cc23)cc1. The zero-order valence-electron chi connectivity index (χ0n) is 16.2. The average Bonchev–Trinajstić information content (AvgIpc) is 3.09. The van der Waals surface area contributed by atoms with Crippen LogP contribution < -0.4 is 9.47 Å². The molecular weight excluding hydrogens is 342 g/mol. The third-order valence-corrected chi connectivity index (χ3v) is 4.50. The van der Waals surface area contributed by atoms with E-state index in [4.69, 9.17) is 13.9 Å². The lowest BCUT2D eigenvalue weighted by molar-refractivity contribution is -0.123. The molecule has 3 rings (SSSR count). The molecule has 0 unspecified atom stereocenters. The molecule has 1 amide bonds. The Kier molecular flexibility index (Phi) is 5.21. The van der Waals surface area contributed by atoms with Crippen LogP contribution in [0.1, 0.15) is 12.5 Å². The van der Waals surface area contributed by atoms with Crippen LogP contribution in [0.4, 0.5) is 0 Å². The Morgan fingerprint density at radius 1 is 1.07 bits per heavy atom. The maximum atomic E-state index is 12.1. The first-order chi connectivity index (χ1) is 12.9. The van der Waals surface area contributed by atoms with Crippen molar-refractivity contribution in [2.24, 2.45) is 0 Å². The standard InChI is InChI=1S/C22H23NO4/c1-14(10-22(24)23(2)3)17-11-18-19(13-27-21(18)12-20(17)26-5)15-6-8-16(25-4)9-7-15/h6-13H,1-5H3/b14-10+. The molecular formula is C22H23NO4. The van der Waals surface area contributed by atoms with Crippen molar-refractivity contribution >= 4 is 22.4 Å². The van der Waals surface area contributed by atoms with E-state index in [2.05, 4.69) is 0 Å². The number of rotatable bonds is 5. The lowest BCUT2D eigenvalue weighted by atomic mass is 9.99. The number of methoxy groups -OCH3 is 2. The zero-order chi connectivity index (χ0) is 19.6. The number of benzene rings is 2. The summed E-state index contributed by atoms with van der Waals surface area (Å²) >= 11 is 0. The van der Waals surface area contributed by atoms with Crippen molar-refractivity contribution in [3.63, 3.8) is 0 Å². The van der Waals surface area contributed by atoms with Gasteiger partial charge in [0.05, 0.1) is 20.5 Å². The van der Waals surface area contributed by atoms with Gasteiger partial charge in [-0.05, 0) is 36.3 Å². The number of carbonyl (C=O) groups excluding carboxylic acids is 1. The van der Waals surface area contributed by atoms with Crippen molar-refractivity contribution in [1.29, 1.82) is 0 Å². The number of nitrogens with zero attached hydrogens (tertiary/aromatic N) is 1. The molecule has 0 saturated carbocycles. The highest BCUT2D eigenvalue weighted by Gasteiger charge is 2.15. The minimum Gasteiger partial charge on any atom is -0.497 e. The summed E-state index contributed by atoms with van der Waals surface area (Å²) in [7, 11) is 6.71. The monoisotopic (exact) mass is 365 g/mol. The van der Waals surface area contributed by atoms with Crippen molar-refractivity contribution in [3.05, 3.63) is 54.3 Å². The predicted molar refractivity (Wildman–Crippen MR) is 107 cm³/mol. The van der Waals surface area contributed by atoms with E-state index < -0.39 is 0 Å². The maximum absolute atomic E-state index is 12.1. The summed E-state index contributed by atoms with van der Waals surface area (Å²) in [6.45, 7) is 1.90. The second kappa shape index (κ2) is 7.58. The smallest absolute Gasteiger partial charge is 0.246 e. The Bertz CT molecular complexity index is 997. The van der Waals surface area contributed by atoms with E-state index in [1.807, 2.05) is 43.3 Å². The van der Waals surface area contributed by atoms with Crippen molar-refractivity contribution in [2.75, 3.05) is 28.3 Å². The van der Waals surface area contributed by atoms with Gasteiger partial charge in [0.1, 0.15) is 17.1 Å². The summed E-state index contributed by atoms with van der Waals surface area (Å²) < 4.78 is 16.5. The molecule has 0 bridgehead atoms. The van der Waals surface area contributed by atoms with E-state index in [-0.39, 0.29) is 5.91 Å². The summed E-state index contributed by atoms with van der Waals surface area (Å²) in [5, 5.41) is 0.959. The van der Waals surface area contributed by atoms with Gasteiger partial charge in [0.2, 0.25) is 5.91 Å². The molecule has 0 atom stereocenters. The third-order valence-electron chi connectivity index (χ3n) is 4.50. The molecule has 0 aliphatic heterocycles. The highest BCUT2D eigenvalue weighted by atomic mass is 16.5. The first-order valence-electron chi connectivity index (χ1n) is 8.58. The van der Waals surface area contributed by atoms with Gasteiger partial charge in [-0.2, -0.15) is 0 Å². The molecule has 1 heterocycles. The van der Waals surface area contributed by atoms with Crippen molar-refractivity contribution in [3.8, 4) is 22.6 Å². The van der Waals surface area contributed by atoms with Crippen LogP contribution >= 0.6 is 0 Å². The lowest BCUT2D eigenvalue weighted by Gasteiger charge is -2.12. The first-order valence-corrected chi connectivity index (χ1v) is 8.58. The number of ether oxygens (including phenoxy) is 2. The van der Waals surface area contributed by atoms with Crippen LogP contribution in [0, 0.1) is 0 Å². The fraction of sp³-hybridized carbons (Fsp3) is 0.227. The topological polar surface area (TPSA) is 51.9 Å². The molecule has 5 heteroatoms. The molecule has 2 aromatic carbocycles. The fourth-order valence-corrected chi connectivity index (χ4v) is 2.92. The quantitative estimate of drug-likeness (QED) is 0.620. The van der Waals surface area contributed by atoms with E-state index >= 15 is 0 Å². The molecule has 0 saturated heterocycles. The van der Waals surface area contributed by atoms with Gasteiger partial charge in [0.25, 0.3) is 0 Å². The molecule has 0 radical (unpaired) electrons. The van der Waals surface area contributed by atoms with Crippen LogP contribution in [-0.4, -0.2) is 39.1 Å². The third kappa shape index (κ3) is 3.67. The lowest BCUT2D eigenvalue weighted by Crippen LogP contribution is -2.19. The van der Waals surface area contributed by atoms with Gasteiger partial charge >= 0.3 is 0 Å². The molecule has 0 aliphatic rings. The first kappa shape index (κ1) is 18.6. The molecule has 5 nitrogen and oxygen atoms in total. The van der Waals surface area contributed by atoms with Gasteiger partial charge in [-0.3, -0.25) is 4.79 Å². The molecule has 140 valence electrons. The molecule has 1 aromatic heterocycles. The normalized spacial score (nSPS) is 11.5. The average molecular weight is 365 g/mol. The van der Waals surface area contributed by atoms with Crippen LogP contribution in [-0.2, 0) is 4.79 Å². The van der Waals surface area contributed by atoms with Crippen LogP contribution in [0.15, 0.2) is 53.2 Å². The predicted octanol–water partition coefficient (Wildman–Crippen LogP) is 4.61. The van der Waals surface area contributed by atoms with E-state index in [1.54, 1.807) is 40.7 Å². The number of furan rings is 1. The second-order valence-electron chi connectivity index (χ2n) is 6.49. The maximum Gasteiger partial charge on any atom is 0.246 e. The molecule has 27 heavy (non-hydrogen) atoms. The fourth-order valence-electron chi connectivity index (χ4n) is 2.92. The Balaban J connectivity index is 2.13. The number of hydrogen-bond acceptors (Lipinski definition) is 4. The summed E-state index contributed by atoms with van der Waals surface area (Å²) in [6, 6.07) is 11.7. The zero-order valence-corrected chi connectivity index (χ0v) is 16.2. The summed E-state index contributed by atoms with van der Waals surface area (Å²) in [4.78, 5) is 13.6. The van der Waals surface area contributed by atoms with Crippen LogP contribution in [0.25, 0.3) is 27.7 Å². The van der Waals surface area contributed by atoms with Crippen molar-refractivity contribution < 1.29 is 18.7 Å². The summed E-state index contributed by atoms with van der Waals surface area (Å²) in [6.07, 6.45) is 3.34. The molecule has 0 N–H and O–H groups in total. The number of amides is 1. The Morgan fingerprint density at radius 2 is 1.78 bits per heavy atom. The van der Waals surface area contributed by atoms with Crippen molar-refractivity contribution in [2.45, 2.75) is 6.92 Å². The van der Waals surface area contributed by atoms with Crippen LogP contribution in [0.5, 0.6) is 11.5 Å². The largest absolute Gasteiger partial charge is 0.497 e. The van der Waals surface area contributed by atoms with Crippen LogP contribution in [0.3, 0.4) is 0 Å². The molecule has 0 aliphatic carbocycles. The van der Waals surface area contributed by atoms with Gasteiger partial charge in [-0.1, -0.05) is 12.1 Å². The second-order valence-corrected chi connectivity index (χ2v) is 6.49. The van der Waals surface area contributed by atoms with Crippen LogP contribution in [0.2, 0.25) is 0 Å². The van der Waals surface area contributed by atoms with Gasteiger partial charge in [0.15, 0.2) is 0 Å². The number of fused-ring (bicyclic) bond motifs is 1. The van der Waals surface area contributed by atoms with Gasteiger partial charge < -0.3 is 18.8 Å². The Labute approximate surface area is 158 Å².